The van der Waals surface area contributed by atoms with Crippen molar-refractivity contribution in [1.82, 2.24) is 4.31 Å². The molecule has 1 aliphatic rings. The van der Waals surface area contributed by atoms with Gasteiger partial charge in [0, 0.05) is 18.3 Å². The SMILES string of the molecule is CCOc1ccc(NC(=O)C2CCCN2S(=O)(=O)c2cc(OC)ccc2C)cc1. The van der Waals surface area contributed by atoms with Crippen molar-refractivity contribution in [1.29, 1.82) is 0 Å². The van der Waals surface area contributed by atoms with Crippen LogP contribution in [0.1, 0.15) is 25.3 Å². The highest BCUT2D eigenvalue weighted by Gasteiger charge is 2.40. The van der Waals surface area contributed by atoms with Gasteiger partial charge in [0.15, 0.2) is 0 Å². The maximum Gasteiger partial charge on any atom is 0.244 e. The third-order valence-corrected chi connectivity index (χ3v) is 6.97. The van der Waals surface area contributed by atoms with Crippen LogP contribution in [0.25, 0.3) is 0 Å². The molecule has 0 bridgehead atoms. The van der Waals surface area contributed by atoms with Crippen molar-refractivity contribution in [2.24, 2.45) is 0 Å². The van der Waals surface area contributed by atoms with E-state index in [0.29, 0.717) is 48.7 Å². The molecule has 0 saturated carbocycles. The second-order valence-electron chi connectivity index (χ2n) is 6.85. The molecule has 1 aliphatic heterocycles. The molecule has 1 fully saturated rings. The van der Waals surface area contributed by atoms with E-state index in [1.807, 2.05) is 6.92 Å². The Labute approximate surface area is 171 Å². The van der Waals surface area contributed by atoms with Crippen LogP contribution in [0.4, 0.5) is 5.69 Å². The molecule has 1 atom stereocenters. The molecule has 3 rings (SSSR count). The van der Waals surface area contributed by atoms with E-state index in [1.165, 1.54) is 17.5 Å². The predicted molar refractivity (Wildman–Crippen MR) is 111 cm³/mol. The molecule has 29 heavy (non-hydrogen) atoms. The zero-order chi connectivity index (χ0) is 21.0. The number of carbonyl (C=O) groups is 1. The van der Waals surface area contributed by atoms with Crippen LogP contribution < -0.4 is 14.8 Å². The van der Waals surface area contributed by atoms with Crippen LogP contribution in [0.5, 0.6) is 11.5 Å². The third-order valence-electron chi connectivity index (χ3n) is 4.92. The van der Waals surface area contributed by atoms with E-state index in [-0.39, 0.29) is 10.8 Å². The number of sulfonamides is 1. The average Bonchev–Trinajstić information content (AvgIpc) is 3.21. The summed E-state index contributed by atoms with van der Waals surface area (Å²) in [6, 6.07) is 11.2. The van der Waals surface area contributed by atoms with Crippen molar-refractivity contribution in [3.05, 3.63) is 48.0 Å². The van der Waals surface area contributed by atoms with Gasteiger partial charge in [0.25, 0.3) is 0 Å². The van der Waals surface area contributed by atoms with Gasteiger partial charge in [0.1, 0.15) is 17.5 Å². The van der Waals surface area contributed by atoms with Crippen LogP contribution in [-0.4, -0.2) is 44.9 Å². The molecule has 0 aliphatic carbocycles. The minimum absolute atomic E-state index is 0.164. The fourth-order valence-electron chi connectivity index (χ4n) is 3.43. The number of aryl methyl sites for hydroxylation is 1. The largest absolute Gasteiger partial charge is 0.497 e. The number of methoxy groups -OCH3 is 1. The van der Waals surface area contributed by atoms with E-state index >= 15 is 0 Å². The van der Waals surface area contributed by atoms with Crippen molar-refractivity contribution >= 4 is 21.6 Å². The highest BCUT2D eigenvalue weighted by Crippen LogP contribution is 2.30. The van der Waals surface area contributed by atoms with E-state index in [9.17, 15) is 13.2 Å². The second-order valence-corrected chi connectivity index (χ2v) is 8.71. The van der Waals surface area contributed by atoms with Crippen molar-refractivity contribution in [2.75, 3.05) is 25.6 Å². The molecule has 0 aromatic heterocycles. The van der Waals surface area contributed by atoms with Crippen molar-refractivity contribution in [3.63, 3.8) is 0 Å². The maximum atomic E-state index is 13.3. The first-order chi connectivity index (χ1) is 13.9. The molecular formula is C21H26N2O5S. The first kappa shape index (κ1) is 21.1. The Bertz CT molecular complexity index is 973. The Morgan fingerprint density at radius 1 is 1.17 bits per heavy atom. The molecule has 0 radical (unpaired) electrons. The lowest BCUT2D eigenvalue weighted by molar-refractivity contribution is -0.119. The normalized spacial score (nSPS) is 17.1. The fourth-order valence-corrected chi connectivity index (χ4v) is 5.33. The fraction of sp³-hybridized carbons (Fsp3) is 0.381. The molecule has 156 valence electrons. The van der Waals surface area contributed by atoms with E-state index in [1.54, 1.807) is 43.3 Å². The Hall–Kier alpha value is -2.58. The molecule has 1 saturated heterocycles. The van der Waals surface area contributed by atoms with Gasteiger partial charge in [-0.3, -0.25) is 4.79 Å². The minimum Gasteiger partial charge on any atom is -0.497 e. The first-order valence-corrected chi connectivity index (χ1v) is 11.0. The van der Waals surface area contributed by atoms with Gasteiger partial charge in [-0.2, -0.15) is 4.31 Å². The standard InChI is InChI=1S/C21H26N2O5S/c1-4-28-17-11-8-16(9-12-17)22-21(24)19-6-5-13-23(19)29(25,26)20-14-18(27-3)10-7-15(20)2/h7-12,14,19H,4-6,13H2,1-3H3,(H,22,24). The minimum atomic E-state index is -3.83. The molecule has 2 aromatic rings. The summed E-state index contributed by atoms with van der Waals surface area (Å²) in [7, 11) is -2.34. The molecule has 2 aromatic carbocycles. The number of rotatable bonds is 7. The van der Waals surface area contributed by atoms with Crippen LogP contribution in [-0.2, 0) is 14.8 Å². The summed E-state index contributed by atoms with van der Waals surface area (Å²) in [5.41, 5.74) is 1.21. The Kier molecular flexibility index (Phi) is 6.44. The van der Waals surface area contributed by atoms with E-state index < -0.39 is 16.1 Å². The smallest absolute Gasteiger partial charge is 0.244 e. The number of benzene rings is 2. The summed E-state index contributed by atoms with van der Waals surface area (Å²) in [4.78, 5) is 13.0. The van der Waals surface area contributed by atoms with Crippen molar-refractivity contribution < 1.29 is 22.7 Å². The number of hydrogen-bond acceptors (Lipinski definition) is 5. The summed E-state index contributed by atoms with van der Waals surface area (Å²) >= 11 is 0. The highest BCUT2D eigenvalue weighted by molar-refractivity contribution is 7.89. The molecule has 1 amide bonds. The van der Waals surface area contributed by atoms with E-state index in [2.05, 4.69) is 5.32 Å². The van der Waals surface area contributed by atoms with Crippen LogP contribution in [0.2, 0.25) is 0 Å². The van der Waals surface area contributed by atoms with Gasteiger partial charge in [0.2, 0.25) is 15.9 Å². The number of ether oxygens (including phenoxy) is 2. The van der Waals surface area contributed by atoms with Gasteiger partial charge in [-0.05, 0) is 62.6 Å². The molecular weight excluding hydrogens is 392 g/mol. The van der Waals surface area contributed by atoms with Crippen LogP contribution in [0.3, 0.4) is 0 Å². The van der Waals surface area contributed by atoms with Gasteiger partial charge in [-0.15, -0.1) is 0 Å². The lowest BCUT2D eigenvalue weighted by atomic mass is 10.2. The summed E-state index contributed by atoms with van der Waals surface area (Å²) in [6.07, 6.45) is 1.11. The summed E-state index contributed by atoms with van der Waals surface area (Å²) in [5, 5.41) is 2.82. The molecule has 0 spiro atoms. The Balaban J connectivity index is 1.80. The van der Waals surface area contributed by atoms with Gasteiger partial charge < -0.3 is 14.8 Å². The van der Waals surface area contributed by atoms with E-state index in [0.717, 1.165) is 0 Å². The zero-order valence-electron chi connectivity index (χ0n) is 16.8. The lowest BCUT2D eigenvalue weighted by Crippen LogP contribution is -2.43. The summed E-state index contributed by atoms with van der Waals surface area (Å²) in [5.74, 6) is 0.837. The maximum absolute atomic E-state index is 13.3. The number of nitrogens with zero attached hydrogens (tertiary/aromatic N) is 1. The van der Waals surface area contributed by atoms with Gasteiger partial charge in [0.05, 0.1) is 18.6 Å². The number of hydrogen-bond donors (Lipinski definition) is 1. The lowest BCUT2D eigenvalue weighted by Gasteiger charge is -2.24. The number of nitrogens with one attached hydrogen (secondary N) is 1. The van der Waals surface area contributed by atoms with Crippen molar-refractivity contribution in [2.45, 2.75) is 37.6 Å². The summed E-state index contributed by atoms with van der Waals surface area (Å²) in [6.45, 7) is 4.50. The molecule has 1 heterocycles. The summed E-state index contributed by atoms with van der Waals surface area (Å²) < 4.78 is 38.4. The second kappa shape index (κ2) is 8.84. The van der Waals surface area contributed by atoms with E-state index in [4.69, 9.17) is 9.47 Å². The number of carbonyl (C=O) groups excluding carboxylic acids is 1. The topological polar surface area (TPSA) is 84.9 Å². The van der Waals surface area contributed by atoms with Crippen molar-refractivity contribution in [3.8, 4) is 11.5 Å². The molecule has 1 N–H and O–H groups in total. The number of amides is 1. The predicted octanol–water partition coefficient (Wildman–Crippen LogP) is 3.19. The van der Waals surface area contributed by atoms with Gasteiger partial charge >= 0.3 is 0 Å². The van der Waals surface area contributed by atoms with Crippen LogP contribution in [0, 0.1) is 6.92 Å². The molecule has 7 nitrogen and oxygen atoms in total. The zero-order valence-corrected chi connectivity index (χ0v) is 17.7. The average molecular weight is 419 g/mol. The van der Waals surface area contributed by atoms with Gasteiger partial charge in [-0.25, -0.2) is 8.42 Å². The van der Waals surface area contributed by atoms with Gasteiger partial charge in [-0.1, -0.05) is 6.07 Å². The highest BCUT2D eigenvalue weighted by atomic mass is 32.2. The number of anilines is 1. The quantitative estimate of drug-likeness (QED) is 0.746. The van der Waals surface area contributed by atoms with Crippen LogP contribution >= 0.6 is 0 Å². The monoisotopic (exact) mass is 418 g/mol. The third kappa shape index (κ3) is 4.54. The van der Waals surface area contributed by atoms with Crippen LogP contribution in [0.15, 0.2) is 47.4 Å². The molecule has 1 unspecified atom stereocenters. The Morgan fingerprint density at radius 3 is 2.52 bits per heavy atom. The Morgan fingerprint density at radius 2 is 1.86 bits per heavy atom. The molecule has 8 heteroatoms. The first-order valence-electron chi connectivity index (χ1n) is 9.57.